The van der Waals surface area contributed by atoms with E-state index in [-0.39, 0.29) is 12.2 Å². The maximum atomic E-state index is 12.8. The number of carbonyl (C=O) groups is 1. The zero-order chi connectivity index (χ0) is 20.1. The number of carbonyl (C=O) groups excluding carboxylic acids is 1. The molecule has 1 N–H and O–H groups in total. The van der Waals surface area contributed by atoms with E-state index in [9.17, 15) is 18.0 Å². The van der Waals surface area contributed by atoms with Gasteiger partial charge >= 0.3 is 6.18 Å². The maximum absolute atomic E-state index is 12.8. The van der Waals surface area contributed by atoms with E-state index in [0.717, 1.165) is 17.7 Å². The van der Waals surface area contributed by atoms with Crippen LogP contribution in [0, 0.1) is 0 Å². The van der Waals surface area contributed by atoms with Crippen LogP contribution < -0.4 is 10.1 Å². The van der Waals surface area contributed by atoms with Crippen molar-refractivity contribution >= 4 is 17.2 Å². The van der Waals surface area contributed by atoms with Crippen molar-refractivity contribution in [3.63, 3.8) is 0 Å². The highest BCUT2D eigenvalue weighted by molar-refractivity contribution is 7.13. The first-order chi connectivity index (χ1) is 13.4. The van der Waals surface area contributed by atoms with Crippen LogP contribution in [0.2, 0.25) is 0 Å². The number of hydrogen-bond acceptors (Lipinski definition) is 4. The van der Waals surface area contributed by atoms with Gasteiger partial charge in [0, 0.05) is 11.9 Å². The number of para-hydroxylation sites is 1. The Balaban J connectivity index is 1.70. The molecule has 0 aliphatic rings. The second kappa shape index (κ2) is 8.43. The molecule has 3 rings (SSSR count). The summed E-state index contributed by atoms with van der Waals surface area (Å²) in [5.74, 6) is 0.226. The third kappa shape index (κ3) is 4.69. The average molecular weight is 406 g/mol. The van der Waals surface area contributed by atoms with Crippen LogP contribution in [0.4, 0.5) is 13.2 Å². The smallest absolute Gasteiger partial charge is 0.416 e. The minimum atomic E-state index is -4.42. The summed E-state index contributed by atoms with van der Waals surface area (Å²) >= 11 is 1.30. The molecule has 0 bridgehead atoms. The van der Waals surface area contributed by atoms with Crippen LogP contribution in [0.25, 0.3) is 10.6 Å². The van der Waals surface area contributed by atoms with Crippen molar-refractivity contribution in [2.24, 2.45) is 0 Å². The topological polar surface area (TPSA) is 51.2 Å². The van der Waals surface area contributed by atoms with Crippen molar-refractivity contribution in [1.29, 1.82) is 0 Å². The van der Waals surface area contributed by atoms with Crippen LogP contribution in [0.3, 0.4) is 0 Å². The molecule has 0 atom stereocenters. The van der Waals surface area contributed by atoms with Gasteiger partial charge in [0.25, 0.3) is 5.91 Å². The molecule has 1 heterocycles. The van der Waals surface area contributed by atoms with Gasteiger partial charge in [0.05, 0.1) is 17.7 Å². The van der Waals surface area contributed by atoms with Gasteiger partial charge in [-0.25, -0.2) is 4.98 Å². The molecule has 0 radical (unpaired) electrons. The zero-order valence-electron chi connectivity index (χ0n) is 14.9. The van der Waals surface area contributed by atoms with E-state index in [1.807, 2.05) is 31.2 Å². The van der Waals surface area contributed by atoms with E-state index in [2.05, 4.69) is 10.3 Å². The van der Waals surface area contributed by atoms with Gasteiger partial charge in [0.15, 0.2) is 0 Å². The van der Waals surface area contributed by atoms with Crippen molar-refractivity contribution in [3.8, 4) is 16.3 Å². The molecular formula is C20H17F3N2O2S. The van der Waals surface area contributed by atoms with E-state index in [4.69, 9.17) is 4.74 Å². The van der Waals surface area contributed by atoms with E-state index in [1.165, 1.54) is 23.5 Å². The number of nitrogens with one attached hydrogen (secondary N) is 1. The van der Waals surface area contributed by atoms with Gasteiger partial charge in [-0.1, -0.05) is 24.3 Å². The van der Waals surface area contributed by atoms with Gasteiger partial charge in [-0.2, -0.15) is 13.2 Å². The first-order valence-electron chi connectivity index (χ1n) is 8.50. The molecule has 0 saturated carbocycles. The highest BCUT2D eigenvalue weighted by atomic mass is 32.1. The molecular weight excluding hydrogens is 389 g/mol. The van der Waals surface area contributed by atoms with Gasteiger partial charge in [0.2, 0.25) is 0 Å². The van der Waals surface area contributed by atoms with E-state index in [0.29, 0.717) is 22.9 Å². The summed E-state index contributed by atoms with van der Waals surface area (Å²) in [5, 5.41) is 4.85. The molecule has 8 heteroatoms. The van der Waals surface area contributed by atoms with Crippen molar-refractivity contribution in [2.75, 3.05) is 6.61 Å². The second-order valence-electron chi connectivity index (χ2n) is 5.85. The molecule has 1 aromatic heterocycles. The number of halogens is 3. The number of thiazole rings is 1. The minimum Gasteiger partial charge on any atom is -0.493 e. The molecule has 0 aliphatic heterocycles. The molecule has 1 amide bonds. The van der Waals surface area contributed by atoms with Gasteiger partial charge in [-0.05, 0) is 36.8 Å². The van der Waals surface area contributed by atoms with Crippen LogP contribution in [-0.4, -0.2) is 17.5 Å². The van der Waals surface area contributed by atoms with Gasteiger partial charge in [-0.15, -0.1) is 11.3 Å². The summed E-state index contributed by atoms with van der Waals surface area (Å²) in [4.78, 5) is 16.7. The predicted molar refractivity (Wildman–Crippen MR) is 101 cm³/mol. The Bertz CT molecular complexity index is 970. The Kier molecular flexibility index (Phi) is 5.99. The fourth-order valence-corrected chi connectivity index (χ4v) is 3.39. The van der Waals surface area contributed by atoms with Gasteiger partial charge < -0.3 is 10.1 Å². The third-order valence-corrected chi connectivity index (χ3v) is 4.74. The molecule has 146 valence electrons. The second-order valence-corrected chi connectivity index (χ2v) is 6.71. The standard InChI is InChI=1S/C20H17F3N2O2S/c1-2-27-17-9-4-3-8-15(17)19-25-16(12-28-19)18(26)24-11-13-6-5-7-14(10-13)20(21,22)23/h3-10,12H,2,11H2,1H3,(H,24,26). The molecule has 0 unspecified atom stereocenters. The molecule has 28 heavy (non-hydrogen) atoms. The number of hydrogen-bond donors (Lipinski definition) is 1. The van der Waals surface area contributed by atoms with Crippen LogP contribution in [0.5, 0.6) is 5.75 Å². The van der Waals surface area contributed by atoms with Crippen LogP contribution in [-0.2, 0) is 12.7 Å². The summed E-state index contributed by atoms with van der Waals surface area (Å²) < 4.78 is 43.9. The summed E-state index contributed by atoms with van der Waals surface area (Å²) in [6, 6.07) is 12.2. The molecule has 2 aromatic carbocycles. The van der Waals surface area contributed by atoms with Crippen LogP contribution in [0.1, 0.15) is 28.5 Å². The zero-order valence-corrected chi connectivity index (χ0v) is 15.7. The SMILES string of the molecule is CCOc1ccccc1-c1nc(C(=O)NCc2cccc(C(F)(F)F)c2)cs1. The fourth-order valence-electron chi connectivity index (χ4n) is 2.56. The Labute approximate surface area is 164 Å². The Morgan fingerprint density at radius 1 is 1.18 bits per heavy atom. The molecule has 0 saturated heterocycles. The lowest BCUT2D eigenvalue weighted by Gasteiger charge is -2.09. The molecule has 0 spiro atoms. The van der Waals surface area contributed by atoms with E-state index in [1.54, 1.807) is 5.38 Å². The largest absolute Gasteiger partial charge is 0.493 e. The number of ether oxygens (including phenoxy) is 1. The molecule has 4 nitrogen and oxygen atoms in total. The number of amides is 1. The van der Waals surface area contributed by atoms with Crippen molar-refractivity contribution in [2.45, 2.75) is 19.6 Å². The third-order valence-electron chi connectivity index (χ3n) is 3.86. The van der Waals surface area contributed by atoms with Crippen molar-refractivity contribution in [1.82, 2.24) is 10.3 Å². The lowest BCUT2D eigenvalue weighted by molar-refractivity contribution is -0.137. The molecule has 3 aromatic rings. The van der Waals surface area contributed by atoms with Crippen molar-refractivity contribution < 1.29 is 22.7 Å². The average Bonchev–Trinajstić information content (AvgIpc) is 3.16. The Hall–Kier alpha value is -2.87. The highest BCUT2D eigenvalue weighted by Crippen LogP contribution is 2.32. The number of rotatable bonds is 6. The molecule has 0 aliphatic carbocycles. The first-order valence-corrected chi connectivity index (χ1v) is 9.38. The molecule has 0 fully saturated rings. The van der Waals surface area contributed by atoms with Gasteiger partial charge in [0.1, 0.15) is 16.5 Å². The van der Waals surface area contributed by atoms with E-state index >= 15 is 0 Å². The number of alkyl halides is 3. The van der Waals surface area contributed by atoms with Gasteiger partial charge in [-0.3, -0.25) is 4.79 Å². The maximum Gasteiger partial charge on any atom is 0.416 e. The highest BCUT2D eigenvalue weighted by Gasteiger charge is 2.30. The number of benzene rings is 2. The van der Waals surface area contributed by atoms with Crippen molar-refractivity contribution in [3.05, 3.63) is 70.7 Å². The van der Waals surface area contributed by atoms with Crippen LogP contribution >= 0.6 is 11.3 Å². The van der Waals surface area contributed by atoms with E-state index < -0.39 is 17.6 Å². The fraction of sp³-hybridized carbons (Fsp3) is 0.200. The predicted octanol–water partition coefficient (Wildman–Crippen LogP) is 5.16. The number of aromatic nitrogens is 1. The first kappa shape index (κ1) is 19.9. The number of nitrogens with zero attached hydrogens (tertiary/aromatic N) is 1. The lowest BCUT2D eigenvalue weighted by atomic mass is 10.1. The summed E-state index contributed by atoms with van der Waals surface area (Å²) in [6.07, 6.45) is -4.42. The Morgan fingerprint density at radius 3 is 2.71 bits per heavy atom. The Morgan fingerprint density at radius 2 is 1.96 bits per heavy atom. The summed E-state index contributed by atoms with van der Waals surface area (Å²) in [7, 11) is 0. The minimum absolute atomic E-state index is 0.0227. The summed E-state index contributed by atoms with van der Waals surface area (Å²) in [5.41, 5.74) is 0.604. The van der Waals surface area contributed by atoms with Crippen LogP contribution in [0.15, 0.2) is 53.9 Å². The summed E-state index contributed by atoms with van der Waals surface area (Å²) in [6.45, 7) is 2.36. The quantitative estimate of drug-likeness (QED) is 0.615. The monoisotopic (exact) mass is 406 g/mol. The lowest BCUT2D eigenvalue weighted by Crippen LogP contribution is -2.23. The normalized spacial score (nSPS) is 11.3.